The Hall–Kier alpha value is -1.55. The van der Waals surface area contributed by atoms with Gasteiger partial charge in [-0.2, -0.15) is 0 Å². The van der Waals surface area contributed by atoms with Crippen LogP contribution < -0.4 is 0 Å². The van der Waals surface area contributed by atoms with Crippen LogP contribution in [-0.2, 0) is 23.2 Å². The lowest BCUT2D eigenvalue weighted by Gasteiger charge is -2.46. The first-order valence-corrected chi connectivity index (χ1v) is 26.4. The summed E-state index contributed by atoms with van der Waals surface area (Å²) >= 11 is 0. The lowest BCUT2D eigenvalue weighted by Crippen LogP contribution is -2.49. The second kappa shape index (κ2) is 17.1. The van der Waals surface area contributed by atoms with E-state index in [2.05, 4.69) is 113 Å². The van der Waals surface area contributed by atoms with Crippen molar-refractivity contribution in [2.75, 3.05) is 6.61 Å². The number of carbonyl (C=O) groups is 2. The number of rotatable bonds is 14. The molecule has 0 aromatic heterocycles. The Morgan fingerprint density at radius 1 is 0.904 bits per heavy atom. The molecule has 3 fully saturated rings. The van der Waals surface area contributed by atoms with E-state index >= 15 is 0 Å². The number of ether oxygens (including phenoxy) is 1. The van der Waals surface area contributed by atoms with Gasteiger partial charge >= 0.3 is 5.97 Å². The van der Waals surface area contributed by atoms with Crippen molar-refractivity contribution in [2.24, 2.45) is 28.6 Å². The number of hydrogen-bond donors (Lipinski definition) is 0. The van der Waals surface area contributed by atoms with E-state index in [4.69, 9.17) is 13.6 Å². The van der Waals surface area contributed by atoms with E-state index in [0.29, 0.717) is 18.4 Å². The fraction of sp³-hybridized carbons (Fsp3) is 0.778. The third kappa shape index (κ3) is 10.4. The van der Waals surface area contributed by atoms with Crippen molar-refractivity contribution < 1.29 is 23.2 Å². The molecule has 0 spiro atoms. The lowest BCUT2D eigenvalue weighted by molar-refractivity contribution is -0.157. The van der Waals surface area contributed by atoms with Crippen molar-refractivity contribution >= 4 is 28.4 Å². The van der Waals surface area contributed by atoms with E-state index in [1.54, 1.807) is 25.5 Å². The summed E-state index contributed by atoms with van der Waals surface area (Å²) in [6, 6.07) is 0. The summed E-state index contributed by atoms with van der Waals surface area (Å²) in [5.41, 5.74) is 3.13. The van der Waals surface area contributed by atoms with Crippen LogP contribution in [-0.4, -0.2) is 47.2 Å². The van der Waals surface area contributed by atoms with Gasteiger partial charge in [-0.25, -0.2) is 0 Å². The monoisotopic (exact) mass is 755 g/mol. The minimum Gasteiger partial charge on any atom is -0.465 e. The average Bonchev–Trinajstić information content (AvgIpc) is 3.38. The van der Waals surface area contributed by atoms with Gasteiger partial charge in [-0.05, 0) is 136 Å². The van der Waals surface area contributed by atoms with Crippen LogP contribution in [0.15, 0.2) is 47.6 Å². The van der Waals surface area contributed by atoms with E-state index in [0.717, 1.165) is 50.5 Å². The van der Waals surface area contributed by atoms with Crippen molar-refractivity contribution in [3.63, 3.8) is 0 Å². The average molecular weight is 755 g/mol. The molecule has 0 bridgehead atoms. The Kier molecular flexibility index (Phi) is 14.7. The van der Waals surface area contributed by atoms with Gasteiger partial charge in [0.05, 0.1) is 18.8 Å². The van der Waals surface area contributed by atoms with Gasteiger partial charge in [-0.1, -0.05) is 111 Å². The van der Waals surface area contributed by atoms with Crippen LogP contribution >= 0.6 is 0 Å². The molecule has 0 unspecified atom stereocenters. The van der Waals surface area contributed by atoms with Gasteiger partial charge in [-0.15, -0.1) is 0 Å². The summed E-state index contributed by atoms with van der Waals surface area (Å²) in [5.74, 6) is 0.690. The molecule has 3 saturated carbocycles. The largest absolute Gasteiger partial charge is 0.465 e. The molecule has 5 nitrogen and oxygen atoms in total. The summed E-state index contributed by atoms with van der Waals surface area (Å²) in [6.07, 6.45) is 19.2. The summed E-state index contributed by atoms with van der Waals surface area (Å²) in [5, 5.41) is 0.237. The maximum atomic E-state index is 13.3. The minimum atomic E-state index is -2.03. The highest BCUT2D eigenvalue weighted by atomic mass is 28.4. The normalized spacial score (nSPS) is 27.9. The predicted octanol–water partition coefficient (Wildman–Crippen LogP) is 12.7. The summed E-state index contributed by atoms with van der Waals surface area (Å²) in [7, 11) is -4.05. The van der Waals surface area contributed by atoms with E-state index in [1.165, 1.54) is 24.8 Å². The zero-order valence-electron chi connectivity index (χ0n) is 36.2. The third-order valence-corrected chi connectivity index (χ3v) is 23.0. The van der Waals surface area contributed by atoms with Crippen LogP contribution in [0.4, 0.5) is 0 Å². The molecule has 3 aliphatic rings. The van der Waals surface area contributed by atoms with E-state index in [9.17, 15) is 9.59 Å². The standard InChI is InChI=1S/C45H78O5Si2/c1-17-18-19-29-48-41(47)44(10,11)40(46)27-22-32(2)36-25-26-37-35(21-20-28-45(36,37)12)24-23-34-30-38(49-51(13,14)42(4,5)6)33(3)39(31-34)50-52(15,16)43(7,8)9/h22-24,27,32,36-39H,3,17-21,25-26,28-31H2,1-2,4-16H3/b27-22+,35-24+/t32-,36-,37+,38-,39-,45-/m1/s1. The molecule has 0 amide bonds. The molecule has 0 N–H and O–H groups in total. The number of ketones is 1. The Labute approximate surface area is 322 Å². The van der Waals surface area contributed by atoms with Crippen molar-refractivity contribution in [3.8, 4) is 0 Å². The number of unbranched alkanes of at least 4 members (excludes halogenated alkanes) is 2. The number of hydrogen-bond acceptors (Lipinski definition) is 5. The van der Waals surface area contributed by atoms with Gasteiger partial charge in [0.2, 0.25) is 0 Å². The van der Waals surface area contributed by atoms with Gasteiger partial charge in [-0.3, -0.25) is 9.59 Å². The molecule has 6 atom stereocenters. The van der Waals surface area contributed by atoms with Gasteiger partial charge < -0.3 is 13.6 Å². The number of fused-ring (bicyclic) bond motifs is 1. The second-order valence-corrected chi connectivity index (χ2v) is 29.9. The molecule has 0 aromatic rings. The van der Waals surface area contributed by atoms with E-state index in [1.807, 2.05) is 0 Å². The number of carbonyl (C=O) groups excluding carboxylic acids is 2. The molecule has 0 aliphatic heterocycles. The molecule has 52 heavy (non-hydrogen) atoms. The summed E-state index contributed by atoms with van der Waals surface area (Å²) in [4.78, 5) is 26.0. The topological polar surface area (TPSA) is 61.8 Å². The molecule has 0 saturated heterocycles. The number of esters is 1. The molecule has 3 aliphatic carbocycles. The summed E-state index contributed by atoms with van der Waals surface area (Å²) in [6.45, 7) is 38.5. The van der Waals surface area contributed by atoms with Crippen LogP contribution in [0.3, 0.4) is 0 Å². The zero-order valence-corrected chi connectivity index (χ0v) is 38.2. The Bertz CT molecular complexity index is 1330. The van der Waals surface area contributed by atoms with Crippen LogP contribution in [0.2, 0.25) is 36.3 Å². The Morgan fingerprint density at radius 3 is 1.98 bits per heavy atom. The smallest absolute Gasteiger partial charge is 0.319 e. The first-order chi connectivity index (χ1) is 23.8. The van der Waals surface area contributed by atoms with Gasteiger partial charge in [0.15, 0.2) is 22.4 Å². The van der Waals surface area contributed by atoms with Crippen molar-refractivity contribution in [1.29, 1.82) is 0 Å². The lowest BCUT2D eigenvalue weighted by atomic mass is 9.61. The van der Waals surface area contributed by atoms with Crippen LogP contribution in [0.5, 0.6) is 0 Å². The highest BCUT2D eigenvalue weighted by molar-refractivity contribution is 6.74. The quantitative estimate of drug-likeness (QED) is 0.0441. The summed E-state index contributed by atoms with van der Waals surface area (Å²) < 4.78 is 19.6. The first-order valence-electron chi connectivity index (χ1n) is 20.6. The van der Waals surface area contributed by atoms with Crippen molar-refractivity contribution in [2.45, 2.75) is 189 Å². The van der Waals surface area contributed by atoms with Crippen LogP contribution in [0.1, 0.15) is 140 Å². The molecular formula is C45H78O5Si2. The van der Waals surface area contributed by atoms with Crippen molar-refractivity contribution in [1.82, 2.24) is 0 Å². The number of allylic oxidation sites excluding steroid dienone is 5. The van der Waals surface area contributed by atoms with E-state index < -0.39 is 28.0 Å². The molecule has 7 heteroatoms. The maximum Gasteiger partial charge on any atom is 0.319 e. The zero-order chi connectivity index (χ0) is 39.5. The molecular weight excluding hydrogens is 677 g/mol. The van der Waals surface area contributed by atoms with E-state index in [-0.39, 0.29) is 39.4 Å². The molecule has 3 rings (SSSR count). The van der Waals surface area contributed by atoms with Gasteiger partial charge in [0.25, 0.3) is 0 Å². The SMILES string of the molecule is C=C1[C@H](O[Si](C)(C)C(C)(C)C)CC(=C/C=C2\CCC[C@]3(C)[C@@H]([C@H](C)/C=C/C(=O)C(C)(C)C(=O)OCCCCC)CC[C@@H]23)C[C@H]1O[Si](C)(C)C(C)(C)C. The Balaban J connectivity index is 1.82. The molecule has 296 valence electrons. The highest BCUT2D eigenvalue weighted by Crippen LogP contribution is 2.59. The fourth-order valence-corrected chi connectivity index (χ4v) is 10.8. The molecule has 0 aromatic carbocycles. The highest BCUT2D eigenvalue weighted by Gasteiger charge is 2.51. The minimum absolute atomic E-state index is 0.0234. The van der Waals surface area contributed by atoms with Crippen molar-refractivity contribution in [3.05, 3.63) is 47.6 Å². The first kappa shape index (κ1) is 44.8. The molecule has 0 radical (unpaired) electrons. The fourth-order valence-electron chi connectivity index (χ4n) is 8.21. The second-order valence-electron chi connectivity index (χ2n) is 20.4. The Morgan fingerprint density at radius 2 is 1.46 bits per heavy atom. The maximum absolute atomic E-state index is 13.3. The molecule has 0 heterocycles. The van der Waals surface area contributed by atoms with Crippen LogP contribution in [0.25, 0.3) is 0 Å². The third-order valence-electron chi connectivity index (χ3n) is 14.1. The predicted molar refractivity (Wildman–Crippen MR) is 224 cm³/mol. The van der Waals surface area contributed by atoms with Gasteiger partial charge in [0.1, 0.15) is 5.41 Å². The van der Waals surface area contributed by atoms with Crippen LogP contribution in [0, 0.1) is 28.6 Å². The van der Waals surface area contributed by atoms with Gasteiger partial charge in [0, 0.05) is 0 Å².